The molecule has 1 fully saturated rings. The Morgan fingerprint density at radius 2 is 2.04 bits per heavy atom. The van der Waals surface area contributed by atoms with Crippen LogP contribution in [0.1, 0.15) is 18.2 Å². The number of piperazine rings is 1. The minimum atomic E-state index is 0.124. The number of aryl methyl sites for hydroxylation is 1. The largest absolute Gasteiger partial charge is 0.366 e. The lowest BCUT2D eigenvalue weighted by Gasteiger charge is -2.34. The molecule has 0 saturated carbocycles. The van der Waals surface area contributed by atoms with Gasteiger partial charge in [-0.05, 0) is 18.6 Å². The third-order valence-corrected chi connectivity index (χ3v) is 4.05. The van der Waals surface area contributed by atoms with E-state index in [9.17, 15) is 4.79 Å². The van der Waals surface area contributed by atoms with Crippen LogP contribution >= 0.6 is 0 Å². The minimum absolute atomic E-state index is 0.124. The van der Waals surface area contributed by atoms with E-state index < -0.39 is 0 Å². The first-order valence-corrected chi connectivity index (χ1v) is 8.11. The van der Waals surface area contributed by atoms with Crippen molar-refractivity contribution in [2.75, 3.05) is 36.4 Å². The number of anilines is 2. The summed E-state index contributed by atoms with van der Waals surface area (Å²) in [5.41, 5.74) is 2.02. The molecule has 0 aliphatic carbocycles. The molecule has 0 unspecified atom stereocenters. The molecule has 24 heavy (non-hydrogen) atoms. The summed E-state index contributed by atoms with van der Waals surface area (Å²) in [5.74, 6) is 1.64. The molecule has 2 aromatic rings. The molecule has 1 aliphatic heterocycles. The summed E-state index contributed by atoms with van der Waals surface area (Å²) in [6, 6.07) is 5.88. The third kappa shape index (κ3) is 3.98. The van der Waals surface area contributed by atoms with Crippen LogP contribution in [0.3, 0.4) is 0 Å². The van der Waals surface area contributed by atoms with Gasteiger partial charge in [-0.1, -0.05) is 6.07 Å². The second-order valence-corrected chi connectivity index (χ2v) is 5.90. The molecule has 7 heteroatoms. The maximum atomic E-state index is 11.4. The fourth-order valence-electron chi connectivity index (χ4n) is 2.70. The average Bonchev–Trinajstić information content (AvgIpc) is 2.60. The summed E-state index contributed by atoms with van der Waals surface area (Å²) < 4.78 is 0. The van der Waals surface area contributed by atoms with E-state index >= 15 is 0 Å². The molecule has 0 aromatic carbocycles. The smallest absolute Gasteiger partial charge is 0.227 e. The first kappa shape index (κ1) is 16.2. The standard InChI is InChI=1S/C17H22N6O/c1-13-10-16(19-12-15-4-3-5-18-11-15)21-17(20-13)23-8-6-22(7-9-23)14(2)24/h3-5,10-11H,6-9,12H2,1-2H3,(H,19,20,21). The van der Waals surface area contributed by atoms with Crippen LogP contribution in [-0.2, 0) is 11.3 Å². The lowest BCUT2D eigenvalue weighted by Crippen LogP contribution is -2.48. The SMILES string of the molecule is CC(=O)N1CCN(c2nc(C)cc(NCc3cccnc3)n2)CC1. The molecule has 0 bridgehead atoms. The van der Waals surface area contributed by atoms with E-state index in [1.165, 1.54) is 0 Å². The lowest BCUT2D eigenvalue weighted by atomic mass is 10.3. The number of aromatic nitrogens is 3. The van der Waals surface area contributed by atoms with E-state index in [0.29, 0.717) is 25.6 Å². The van der Waals surface area contributed by atoms with Gasteiger partial charge in [0.25, 0.3) is 0 Å². The normalized spacial score (nSPS) is 14.6. The van der Waals surface area contributed by atoms with Crippen LogP contribution < -0.4 is 10.2 Å². The van der Waals surface area contributed by atoms with Crippen molar-refractivity contribution in [2.45, 2.75) is 20.4 Å². The van der Waals surface area contributed by atoms with Gasteiger partial charge in [-0.15, -0.1) is 0 Å². The maximum Gasteiger partial charge on any atom is 0.227 e. The van der Waals surface area contributed by atoms with Crippen molar-refractivity contribution in [1.29, 1.82) is 0 Å². The van der Waals surface area contributed by atoms with E-state index in [-0.39, 0.29) is 5.91 Å². The molecule has 0 atom stereocenters. The Kier molecular flexibility index (Phi) is 4.88. The number of nitrogens with one attached hydrogen (secondary N) is 1. The number of pyridine rings is 1. The molecule has 1 N–H and O–H groups in total. The van der Waals surface area contributed by atoms with Gasteiger partial charge in [-0.2, -0.15) is 4.98 Å². The van der Waals surface area contributed by atoms with Crippen molar-refractivity contribution in [3.63, 3.8) is 0 Å². The van der Waals surface area contributed by atoms with Gasteiger partial charge in [0.2, 0.25) is 11.9 Å². The molecule has 3 heterocycles. The zero-order valence-electron chi connectivity index (χ0n) is 14.1. The van der Waals surface area contributed by atoms with E-state index in [2.05, 4.69) is 25.2 Å². The molecule has 7 nitrogen and oxygen atoms in total. The second kappa shape index (κ2) is 7.25. The van der Waals surface area contributed by atoms with Crippen LogP contribution in [-0.4, -0.2) is 51.9 Å². The summed E-state index contributed by atoms with van der Waals surface area (Å²) in [4.78, 5) is 28.7. The van der Waals surface area contributed by atoms with E-state index in [4.69, 9.17) is 0 Å². The van der Waals surface area contributed by atoms with E-state index in [1.807, 2.05) is 36.2 Å². The highest BCUT2D eigenvalue weighted by Gasteiger charge is 2.20. The van der Waals surface area contributed by atoms with Gasteiger partial charge >= 0.3 is 0 Å². The fraction of sp³-hybridized carbons (Fsp3) is 0.412. The van der Waals surface area contributed by atoms with Crippen LogP contribution in [0.2, 0.25) is 0 Å². The zero-order valence-corrected chi connectivity index (χ0v) is 14.1. The van der Waals surface area contributed by atoms with Gasteiger partial charge in [0.05, 0.1) is 0 Å². The number of hydrogen-bond donors (Lipinski definition) is 1. The molecule has 1 aliphatic rings. The van der Waals surface area contributed by atoms with Crippen LogP contribution in [0.4, 0.5) is 11.8 Å². The zero-order chi connectivity index (χ0) is 16.9. The van der Waals surface area contributed by atoms with Crippen molar-refractivity contribution in [3.05, 3.63) is 41.9 Å². The van der Waals surface area contributed by atoms with Crippen molar-refractivity contribution in [1.82, 2.24) is 19.9 Å². The van der Waals surface area contributed by atoms with Gasteiger partial charge in [0.1, 0.15) is 5.82 Å². The van der Waals surface area contributed by atoms with Gasteiger partial charge in [0, 0.05) is 63.8 Å². The number of carbonyl (C=O) groups excluding carboxylic acids is 1. The Hall–Kier alpha value is -2.70. The van der Waals surface area contributed by atoms with Crippen molar-refractivity contribution >= 4 is 17.7 Å². The molecule has 2 aromatic heterocycles. The Balaban J connectivity index is 1.67. The summed E-state index contributed by atoms with van der Waals surface area (Å²) in [6.07, 6.45) is 3.60. The summed E-state index contributed by atoms with van der Waals surface area (Å²) in [7, 11) is 0. The Morgan fingerprint density at radius 3 is 2.71 bits per heavy atom. The number of rotatable bonds is 4. The first-order valence-electron chi connectivity index (χ1n) is 8.11. The molecule has 3 rings (SSSR count). The monoisotopic (exact) mass is 326 g/mol. The quantitative estimate of drug-likeness (QED) is 0.917. The molecule has 126 valence electrons. The third-order valence-electron chi connectivity index (χ3n) is 4.05. The van der Waals surface area contributed by atoms with Crippen LogP contribution in [0, 0.1) is 6.92 Å². The van der Waals surface area contributed by atoms with Crippen LogP contribution in [0.15, 0.2) is 30.6 Å². The minimum Gasteiger partial charge on any atom is -0.366 e. The average molecular weight is 326 g/mol. The van der Waals surface area contributed by atoms with Crippen LogP contribution in [0.25, 0.3) is 0 Å². The van der Waals surface area contributed by atoms with Gasteiger partial charge in [0.15, 0.2) is 0 Å². The Morgan fingerprint density at radius 1 is 1.25 bits per heavy atom. The predicted octanol–water partition coefficient (Wildman–Crippen LogP) is 1.46. The summed E-state index contributed by atoms with van der Waals surface area (Å²) in [6.45, 7) is 7.18. The highest BCUT2D eigenvalue weighted by molar-refractivity contribution is 5.73. The predicted molar refractivity (Wildman–Crippen MR) is 92.8 cm³/mol. The highest BCUT2D eigenvalue weighted by Crippen LogP contribution is 2.16. The number of hydrogen-bond acceptors (Lipinski definition) is 6. The molecular formula is C17H22N6O. The Labute approximate surface area is 141 Å². The lowest BCUT2D eigenvalue weighted by molar-refractivity contribution is -0.129. The topological polar surface area (TPSA) is 74.2 Å². The van der Waals surface area contributed by atoms with Gasteiger partial charge in [-0.25, -0.2) is 4.98 Å². The first-order chi connectivity index (χ1) is 11.6. The molecule has 1 saturated heterocycles. The van der Waals surface area contributed by atoms with E-state index in [1.54, 1.807) is 13.1 Å². The molecule has 0 spiro atoms. The van der Waals surface area contributed by atoms with E-state index in [0.717, 1.165) is 30.2 Å². The van der Waals surface area contributed by atoms with Gasteiger partial charge in [-0.3, -0.25) is 9.78 Å². The maximum absolute atomic E-state index is 11.4. The fourth-order valence-corrected chi connectivity index (χ4v) is 2.70. The van der Waals surface area contributed by atoms with Gasteiger partial charge < -0.3 is 15.1 Å². The summed E-state index contributed by atoms with van der Waals surface area (Å²) in [5, 5.41) is 3.33. The second-order valence-electron chi connectivity index (χ2n) is 5.90. The van der Waals surface area contributed by atoms with Crippen LogP contribution in [0.5, 0.6) is 0 Å². The number of amides is 1. The highest BCUT2D eigenvalue weighted by atomic mass is 16.2. The molecule has 1 amide bonds. The molecular weight excluding hydrogens is 304 g/mol. The number of nitrogens with zero attached hydrogens (tertiary/aromatic N) is 5. The summed E-state index contributed by atoms with van der Waals surface area (Å²) >= 11 is 0. The molecule has 0 radical (unpaired) electrons. The van der Waals surface area contributed by atoms with Crippen molar-refractivity contribution < 1.29 is 4.79 Å². The number of carbonyl (C=O) groups is 1. The van der Waals surface area contributed by atoms with Crippen molar-refractivity contribution in [2.24, 2.45) is 0 Å². The van der Waals surface area contributed by atoms with Crippen molar-refractivity contribution in [3.8, 4) is 0 Å². The Bertz CT molecular complexity index is 697.